The third-order valence-corrected chi connectivity index (χ3v) is 5.64. The van der Waals surface area contributed by atoms with Crippen LogP contribution in [0.3, 0.4) is 0 Å². The fourth-order valence-corrected chi connectivity index (χ4v) is 4.11. The average molecular weight is 383 g/mol. The summed E-state index contributed by atoms with van der Waals surface area (Å²) in [4.78, 5) is 28.3. The van der Waals surface area contributed by atoms with Crippen LogP contribution in [-0.4, -0.2) is 56.4 Å². The number of imidazole rings is 1. The molecule has 5 rings (SSSR count). The maximum atomic E-state index is 13.6. The van der Waals surface area contributed by atoms with Gasteiger partial charge < -0.3 is 10.2 Å². The van der Waals surface area contributed by atoms with Gasteiger partial charge in [0.2, 0.25) is 0 Å². The second kappa shape index (κ2) is 6.97. The molecule has 3 aromatic rings. The molecule has 1 N–H and O–H groups in total. The van der Waals surface area contributed by atoms with E-state index in [0.717, 1.165) is 25.9 Å². The smallest absolute Gasteiger partial charge is 0.334 e. The maximum Gasteiger partial charge on any atom is 0.334 e. The number of fused-ring (bicyclic) bond motifs is 1. The Kier molecular flexibility index (Phi) is 4.31. The van der Waals surface area contributed by atoms with Crippen LogP contribution in [0.2, 0.25) is 0 Å². The number of hydrogen-bond donors (Lipinski definition) is 1. The number of piperidine rings is 1. The Morgan fingerprint density at radius 2 is 1.96 bits per heavy atom. The summed E-state index contributed by atoms with van der Waals surface area (Å²) in [6.07, 6.45) is 6.55. The molecule has 0 radical (unpaired) electrons. The number of anilines is 1. The molecule has 8 nitrogen and oxygen atoms in total. The number of halogens is 1. The van der Waals surface area contributed by atoms with Gasteiger partial charge in [-0.25, -0.2) is 28.7 Å². The van der Waals surface area contributed by atoms with E-state index in [-0.39, 0.29) is 11.7 Å². The molecule has 1 unspecified atom stereocenters. The van der Waals surface area contributed by atoms with E-state index in [1.807, 2.05) is 23.2 Å². The van der Waals surface area contributed by atoms with Gasteiger partial charge in [0.05, 0.1) is 12.1 Å². The van der Waals surface area contributed by atoms with Crippen LogP contribution in [0, 0.1) is 0 Å². The lowest BCUT2D eigenvalue weighted by atomic mass is 10.1. The van der Waals surface area contributed by atoms with Gasteiger partial charge in [0.1, 0.15) is 23.8 Å². The summed E-state index contributed by atoms with van der Waals surface area (Å²) >= 11 is 0. The van der Waals surface area contributed by atoms with Crippen molar-refractivity contribution in [3.05, 3.63) is 41.3 Å². The normalized spacial score (nSPS) is 20.9. The van der Waals surface area contributed by atoms with E-state index in [1.54, 1.807) is 10.8 Å². The first-order chi connectivity index (χ1) is 13.7. The lowest BCUT2D eigenvalue weighted by Gasteiger charge is -2.23. The van der Waals surface area contributed by atoms with Gasteiger partial charge in [-0.1, -0.05) is 0 Å². The fourth-order valence-electron chi connectivity index (χ4n) is 4.11. The highest BCUT2D eigenvalue weighted by Gasteiger charge is 2.24. The molecule has 28 heavy (non-hydrogen) atoms. The van der Waals surface area contributed by atoms with Crippen LogP contribution in [0.25, 0.3) is 16.9 Å². The van der Waals surface area contributed by atoms with Gasteiger partial charge in [0.25, 0.3) is 0 Å². The molecular weight excluding hydrogens is 361 g/mol. The minimum atomic E-state index is -0.828. The van der Waals surface area contributed by atoms with Crippen molar-refractivity contribution in [3.63, 3.8) is 0 Å². The third-order valence-electron chi connectivity index (χ3n) is 5.64. The Hall–Kier alpha value is -2.81. The van der Waals surface area contributed by atoms with E-state index < -0.39 is 6.17 Å². The molecule has 2 aliphatic rings. The zero-order valence-electron chi connectivity index (χ0n) is 15.5. The van der Waals surface area contributed by atoms with Crippen LogP contribution in [-0.2, 0) is 0 Å². The number of rotatable bonds is 3. The van der Waals surface area contributed by atoms with Crippen molar-refractivity contribution < 1.29 is 4.39 Å². The summed E-state index contributed by atoms with van der Waals surface area (Å²) in [7, 11) is 0. The van der Waals surface area contributed by atoms with E-state index in [2.05, 4.69) is 20.3 Å². The first-order valence-electron chi connectivity index (χ1n) is 9.72. The van der Waals surface area contributed by atoms with Crippen molar-refractivity contribution in [3.8, 4) is 5.82 Å². The third kappa shape index (κ3) is 2.95. The van der Waals surface area contributed by atoms with Crippen molar-refractivity contribution in [1.29, 1.82) is 0 Å². The molecule has 5 heterocycles. The molecule has 3 aromatic heterocycles. The molecule has 9 heteroatoms. The van der Waals surface area contributed by atoms with Crippen LogP contribution >= 0.6 is 0 Å². The van der Waals surface area contributed by atoms with Gasteiger partial charge in [-0.05, 0) is 44.5 Å². The zero-order valence-corrected chi connectivity index (χ0v) is 15.5. The van der Waals surface area contributed by atoms with Gasteiger partial charge in [0, 0.05) is 25.0 Å². The van der Waals surface area contributed by atoms with Crippen LogP contribution in [0.4, 0.5) is 10.2 Å². The van der Waals surface area contributed by atoms with Gasteiger partial charge in [-0.15, -0.1) is 0 Å². The molecule has 0 saturated carbocycles. The van der Waals surface area contributed by atoms with Gasteiger partial charge in [0.15, 0.2) is 5.82 Å². The summed E-state index contributed by atoms with van der Waals surface area (Å²) in [5.41, 5.74) is 1.09. The number of aromatic nitrogens is 5. The quantitative estimate of drug-likeness (QED) is 0.737. The van der Waals surface area contributed by atoms with E-state index in [0.29, 0.717) is 42.2 Å². The van der Waals surface area contributed by atoms with Crippen molar-refractivity contribution in [2.24, 2.45) is 0 Å². The first kappa shape index (κ1) is 17.3. The lowest BCUT2D eigenvalue weighted by molar-refractivity contribution is 0.360. The molecule has 0 aromatic carbocycles. The molecule has 2 fully saturated rings. The predicted octanol–water partition coefficient (Wildman–Crippen LogP) is 1.45. The highest BCUT2D eigenvalue weighted by molar-refractivity contribution is 5.82. The summed E-state index contributed by atoms with van der Waals surface area (Å²) < 4.78 is 16.9. The Balaban J connectivity index is 1.57. The van der Waals surface area contributed by atoms with E-state index >= 15 is 0 Å². The Morgan fingerprint density at radius 3 is 2.75 bits per heavy atom. The summed E-state index contributed by atoms with van der Waals surface area (Å²) in [5, 5.41) is 3.32. The number of nitrogens with one attached hydrogen (secondary N) is 1. The number of hydrogen-bond acceptors (Lipinski definition) is 6. The van der Waals surface area contributed by atoms with Gasteiger partial charge in [-0.2, -0.15) is 0 Å². The van der Waals surface area contributed by atoms with Gasteiger partial charge >= 0.3 is 5.69 Å². The van der Waals surface area contributed by atoms with E-state index in [9.17, 15) is 9.18 Å². The monoisotopic (exact) mass is 383 g/mol. The molecule has 0 spiro atoms. The molecule has 146 valence electrons. The van der Waals surface area contributed by atoms with Crippen molar-refractivity contribution >= 4 is 16.9 Å². The second-order valence-electron chi connectivity index (χ2n) is 7.41. The zero-order chi connectivity index (χ0) is 19.1. The van der Waals surface area contributed by atoms with Crippen LogP contribution in [0.1, 0.15) is 25.3 Å². The molecule has 2 saturated heterocycles. The van der Waals surface area contributed by atoms with E-state index in [4.69, 9.17) is 0 Å². The Bertz CT molecular complexity index is 1060. The van der Waals surface area contributed by atoms with Crippen LogP contribution in [0.5, 0.6) is 0 Å². The van der Waals surface area contributed by atoms with Crippen molar-refractivity contribution in [2.45, 2.75) is 31.5 Å². The molecule has 0 aliphatic carbocycles. The lowest BCUT2D eigenvalue weighted by Crippen LogP contribution is -2.34. The first-order valence-corrected chi connectivity index (χ1v) is 9.72. The molecule has 1 atom stereocenters. The fraction of sp³-hybridized carbons (Fsp3) is 0.474. The minimum absolute atomic E-state index is 0.121. The summed E-state index contributed by atoms with van der Waals surface area (Å²) in [5.74, 6) is 1.15. The topological polar surface area (TPSA) is 80.9 Å². The predicted molar refractivity (Wildman–Crippen MR) is 104 cm³/mol. The standard InChI is InChI=1S/C19H22FN7O/c20-13-5-8-25(11-13)16-2-1-15-17(24-16)18(23-12-22-15)27-10-9-26(19(27)28)14-3-6-21-7-4-14/h1-2,9-10,12-14,21H,3-8,11H2. The second-order valence-corrected chi connectivity index (χ2v) is 7.41. The van der Waals surface area contributed by atoms with Crippen molar-refractivity contribution in [1.82, 2.24) is 29.4 Å². The molecular formula is C19H22FN7O. The molecule has 0 bridgehead atoms. The number of nitrogens with zero attached hydrogens (tertiary/aromatic N) is 6. The van der Waals surface area contributed by atoms with Crippen LogP contribution in [0.15, 0.2) is 35.6 Å². The minimum Gasteiger partial charge on any atom is -0.354 e. The number of pyridine rings is 1. The molecule has 2 aliphatic heterocycles. The average Bonchev–Trinajstić information content (AvgIpc) is 3.33. The summed E-state index contributed by atoms with van der Waals surface area (Å²) in [6.45, 7) is 2.80. The van der Waals surface area contributed by atoms with E-state index in [1.165, 1.54) is 10.9 Å². The SMILES string of the molecule is O=c1n(-c2ncnc3ccc(N4CCC(F)C4)nc23)ccn1C1CCNCC1. The number of alkyl halides is 1. The highest BCUT2D eigenvalue weighted by Crippen LogP contribution is 2.24. The Morgan fingerprint density at radius 1 is 1.11 bits per heavy atom. The largest absolute Gasteiger partial charge is 0.354 e. The maximum absolute atomic E-state index is 13.6. The Labute approximate surface area is 161 Å². The van der Waals surface area contributed by atoms with Crippen molar-refractivity contribution in [2.75, 3.05) is 31.1 Å². The van der Waals surface area contributed by atoms with Gasteiger partial charge in [-0.3, -0.25) is 4.57 Å². The molecule has 0 amide bonds. The van der Waals surface area contributed by atoms with Crippen LogP contribution < -0.4 is 15.9 Å². The highest BCUT2D eigenvalue weighted by atomic mass is 19.1. The summed E-state index contributed by atoms with van der Waals surface area (Å²) in [6, 6.07) is 3.89.